The minimum Gasteiger partial charge on any atom is -0.322 e. The van der Waals surface area contributed by atoms with Crippen molar-refractivity contribution < 1.29 is 4.79 Å². The van der Waals surface area contributed by atoms with E-state index in [0.717, 1.165) is 21.8 Å². The minimum atomic E-state index is -0.109. The van der Waals surface area contributed by atoms with E-state index in [0.29, 0.717) is 5.56 Å². The van der Waals surface area contributed by atoms with Crippen molar-refractivity contribution in [2.45, 2.75) is 6.92 Å². The van der Waals surface area contributed by atoms with Crippen molar-refractivity contribution >= 4 is 22.9 Å². The Kier molecular flexibility index (Phi) is 3.79. The summed E-state index contributed by atoms with van der Waals surface area (Å²) < 4.78 is 0. The molecule has 0 saturated heterocycles. The molecule has 2 aromatic carbocycles. The molecular formula is C17H14N2OS. The van der Waals surface area contributed by atoms with Gasteiger partial charge in [0.25, 0.3) is 5.91 Å². The van der Waals surface area contributed by atoms with Crippen molar-refractivity contribution in [3.05, 3.63) is 71.2 Å². The zero-order chi connectivity index (χ0) is 14.7. The molecule has 0 unspecified atom stereocenters. The van der Waals surface area contributed by atoms with Gasteiger partial charge in [0.05, 0.1) is 0 Å². The number of nitrogens with zero attached hydrogens (tertiary/aromatic N) is 1. The maximum atomic E-state index is 12.4. The first-order valence-electron chi connectivity index (χ1n) is 6.61. The predicted molar refractivity (Wildman–Crippen MR) is 86.7 cm³/mol. The number of hydrogen-bond acceptors (Lipinski definition) is 3. The number of carbonyl (C=O) groups is 1. The summed E-state index contributed by atoms with van der Waals surface area (Å²) in [5, 5.41) is 5.79. The van der Waals surface area contributed by atoms with Gasteiger partial charge in [0.1, 0.15) is 5.01 Å². The maximum Gasteiger partial charge on any atom is 0.255 e. The number of hydrogen-bond donors (Lipinski definition) is 1. The molecule has 0 aliphatic carbocycles. The van der Waals surface area contributed by atoms with E-state index in [1.807, 2.05) is 60.8 Å². The van der Waals surface area contributed by atoms with Gasteiger partial charge in [-0.05, 0) is 30.7 Å². The van der Waals surface area contributed by atoms with Gasteiger partial charge in [0.2, 0.25) is 0 Å². The molecule has 0 bridgehead atoms. The van der Waals surface area contributed by atoms with Crippen LogP contribution in [0.1, 0.15) is 15.9 Å². The predicted octanol–water partition coefficient (Wildman–Crippen LogP) is 4.37. The van der Waals surface area contributed by atoms with E-state index in [4.69, 9.17) is 0 Å². The van der Waals surface area contributed by atoms with Crippen LogP contribution in [-0.2, 0) is 0 Å². The summed E-state index contributed by atoms with van der Waals surface area (Å²) >= 11 is 1.56. The number of aryl methyl sites for hydroxylation is 1. The zero-order valence-corrected chi connectivity index (χ0v) is 12.4. The second-order valence-corrected chi connectivity index (χ2v) is 5.58. The quantitative estimate of drug-likeness (QED) is 0.779. The van der Waals surface area contributed by atoms with E-state index >= 15 is 0 Å². The van der Waals surface area contributed by atoms with Crippen LogP contribution >= 0.6 is 11.3 Å². The number of benzene rings is 2. The number of para-hydroxylation sites is 1. The van der Waals surface area contributed by atoms with Gasteiger partial charge in [-0.25, -0.2) is 4.98 Å². The lowest BCUT2D eigenvalue weighted by Crippen LogP contribution is -2.12. The van der Waals surface area contributed by atoms with E-state index in [2.05, 4.69) is 10.3 Å². The largest absolute Gasteiger partial charge is 0.322 e. The van der Waals surface area contributed by atoms with Crippen molar-refractivity contribution in [1.29, 1.82) is 0 Å². The number of rotatable bonds is 3. The van der Waals surface area contributed by atoms with E-state index in [1.54, 1.807) is 17.5 Å². The summed E-state index contributed by atoms with van der Waals surface area (Å²) in [4.78, 5) is 16.6. The molecule has 0 saturated carbocycles. The van der Waals surface area contributed by atoms with Crippen LogP contribution in [-0.4, -0.2) is 10.9 Å². The molecule has 0 aliphatic rings. The molecule has 3 rings (SSSR count). The van der Waals surface area contributed by atoms with Gasteiger partial charge in [-0.15, -0.1) is 11.3 Å². The number of thiazole rings is 1. The lowest BCUT2D eigenvalue weighted by Gasteiger charge is -2.08. The van der Waals surface area contributed by atoms with Crippen molar-refractivity contribution in [2.24, 2.45) is 0 Å². The van der Waals surface area contributed by atoms with Crippen LogP contribution in [0, 0.1) is 6.92 Å². The maximum absolute atomic E-state index is 12.4. The third-order valence-corrected chi connectivity index (χ3v) is 4.02. The molecule has 0 fully saturated rings. The molecule has 3 aromatic rings. The Morgan fingerprint density at radius 1 is 1.14 bits per heavy atom. The van der Waals surface area contributed by atoms with E-state index in [9.17, 15) is 4.79 Å². The SMILES string of the molecule is Cc1ccccc1NC(=O)c1cccc(-c2nccs2)c1. The van der Waals surface area contributed by atoms with Crippen molar-refractivity contribution in [2.75, 3.05) is 5.32 Å². The fraction of sp³-hybridized carbons (Fsp3) is 0.0588. The molecule has 1 N–H and O–H groups in total. The van der Waals surface area contributed by atoms with Crippen molar-refractivity contribution in [3.63, 3.8) is 0 Å². The van der Waals surface area contributed by atoms with Gasteiger partial charge in [0.15, 0.2) is 0 Å². The Labute approximate surface area is 127 Å². The van der Waals surface area contributed by atoms with Crippen LogP contribution in [0.3, 0.4) is 0 Å². The lowest BCUT2D eigenvalue weighted by atomic mass is 10.1. The summed E-state index contributed by atoms with van der Waals surface area (Å²) in [6.45, 7) is 1.97. The highest BCUT2D eigenvalue weighted by molar-refractivity contribution is 7.13. The molecule has 3 nitrogen and oxygen atoms in total. The van der Waals surface area contributed by atoms with Gasteiger partial charge >= 0.3 is 0 Å². The Hall–Kier alpha value is -2.46. The highest BCUT2D eigenvalue weighted by Gasteiger charge is 2.09. The average Bonchev–Trinajstić information content (AvgIpc) is 3.04. The third-order valence-electron chi connectivity index (χ3n) is 3.20. The molecule has 21 heavy (non-hydrogen) atoms. The fourth-order valence-electron chi connectivity index (χ4n) is 2.07. The van der Waals surface area contributed by atoms with Crippen LogP contribution in [0.15, 0.2) is 60.1 Å². The van der Waals surface area contributed by atoms with Crippen LogP contribution in [0.5, 0.6) is 0 Å². The first kappa shape index (κ1) is 13.5. The summed E-state index contributed by atoms with van der Waals surface area (Å²) in [6.07, 6.45) is 1.76. The summed E-state index contributed by atoms with van der Waals surface area (Å²) in [5.74, 6) is -0.109. The number of anilines is 1. The second kappa shape index (κ2) is 5.89. The van der Waals surface area contributed by atoms with Crippen LogP contribution in [0.4, 0.5) is 5.69 Å². The molecule has 0 radical (unpaired) electrons. The Morgan fingerprint density at radius 3 is 2.76 bits per heavy atom. The second-order valence-electron chi connectivity index (χ2n) is 4.69. The lowest BCUT2D eigenvalue weighted by molar-refractivity contribution is 0.102. The minimum absolute atomic E-state index is 0.109. The highest BCUT2D eigenvalue weighted by atomic mass is 32.1. The van der Waals surface area contributed by atoms with Crippen LogP contribution < -0.4 is 5.32 Å². The van der Waals surface area contributed by atoms with Gasteiger partial charge < -0.3 is 5.32 Å². The zero-order valence-electron chi connectivity index (χ0n) is 11.5. The smallest absolute Gasteiger partial charge is 0.255 e. The normalized spacial score (nSPS) is 10.3. The van der Waals surface area contributed by atoms with Gasteiger partial charge in [-0.2, -0.15) is 0 Å². The van der Waals surface area contributed by atoms with E-state index in [-0.39, 0.29) is 5.91 Å². The van der Waals surface area contributed by atoms with Crippen LogP contribution in [0.25, 0.3) is 10.6 Å². The first-order chi connectivity index (χ1) is 10.2. The molecule has 1 amide bonds. The monoisotopic (exact) mass is 294 g/mol. The molecule has 1 heterocycles. The number of carbonyl (C=O) groups excluding carboxylic acids is 1. The standard InChI is InChI=1S/C17H14N2OS/c1-12-5-2-3-8-15(12)19-16(20)13-6-4-7-14(11-13)17-18-9-10-21-17/h2-11H,1H3,(H,19,20). The number of nitrogens with one attached hydrogen (secondary N) is 1. The molecule has 1 aromatic heterocycles. The topological polar surface area (TPSA) is 42.0 Å². The van der Waals surface area contributed by atoms with Crippen LogP contribution in [0.2, 0.25) is 0 Å². The number of aromatic nitrogens is 1. The van der Waals surface area contributed by atoms with Crippen molar-refractivity contribution in [1.82, 2.24) is 4.98 Å². The molecule has 0 aliphatic heterocycles. The molecular weight excluding hydrogens is 280 g/mol. The van der Waals surface area contributed by atoms with Gasteiger partial charge in [-0.1, -0.05) is 30.3 Å². The molecule has 0 spiro atoms. The summed E-state index contributed by atoms with van der Waals surface area (Å²) in [5.41, 5.74) is 3.47. The average molecular weight is 294 g/mol. The summed E-state index contributed by atoms with van der Waals surface area (Å²) in [7, 11) is 0. The van der Waals surface area contributed by atoms with E-state index in [1.165, 1.54) is 0 Å². The van der Waals surface area contributed by atoms with Gasteiger partial charge in [-0.3, -0.25) is 4.79 Å². The number of amides is 1. The third kappa shape index (κ3) is 3.01. The van der Waals surface area contributed by atoms with Crippen molar-refractivity contribution in [3.8, 4) is 10.6 Å². The van der Waals surface area contributed by atoms with Gasteiger partial charge in [0, 0.05) is 28.4 Å². The highest BCUT2D eigenvalue weighted by Crippen LogP contribution is 2.23. The van der Waals surface area contributed by atoms with E-state index < -0.39 is 0 Å². The Balaban J connectivity index is 1.85. The molecule has 104 valence electrons. The Bertz CT molecular complexity index is 766. The first-order valence-corrected chi connectivity index (χ1v) is 7.49. The fourth-order valence-corrected chi connectivity index (χ4v) is 2.70. The summed E-state index contributed by atoms with van der Waals surface area (Å²) in [6, 6.07) is 15.3. The Morgan fingerprint density at radius 2 is 2.00 bits per heavy atom. The molecule has 4 heteroatoms. The molecule has 0 atom stereocenters.